The number of hydrogen-bond donors (Lipinski definition) is 2. The molecule has 0 bridgehead atoms. The fourth-order valence-corrected chi connectivity index (χ4v) is 1.47. The molecule has 0 unspecified atom stereocenters. The van der Waals surface area contributed by atoms with Gasteiger partial charge in [0.25, 0.3) is 0 Å². The van der Waals surface area contributed by atoms with Gasteiger partial charge in [-0.25, -0.2) is 4.99 Å². The first-order valence-electron chi connectivity index (χ1n) is 6.52. The van der Waals surface area contributed by atoms with Gasteiger partial charge in [-0.15, -0.1) is 0 Å². The van der Waals surface area contributed by atoms with E-state index in [1.54, 1.807) is 19.3 Å². The van der Waals surface area contributed by atoms with Crippen LogP contribution >= 0.6 is 0 Å². The average molecular weight is 283 g/mol. The second kappa shape index (κ2) is 7.85. The van der Waals surface area contributed by atoms with Crippen molar-refractivity contribution in [2.75, 3.05) is 7.11 Å². The van der Waals surface area contributed by atoms with E-state index in [-0.39, 0.29) is 11.7 Å². The molecule has 1 rings (SSSR count). The molecular weight excluding hydrogens is 262 g/mol. The van der Waals surface area contributed by atoms with Crippen LogP contribution in [0.3, 0.4) is 0 Å². The smallest absolute Gasteiger partial charge is 0.153 e. The van der Waals surface area contributed by atoms with Gasteiger partial charge in [0, 0.05) is 11.1 Å². The van der Waals surface area contributed by atoms with Crippen LogP contribution in [0.1, 0.15) is 19.4 Å². The van der Waals surface area contributed by atoms with E-state index in [9.17, 15) is 0 Å². The van der Waals surface area contributed by atoms with E-state index in [1.807, 2.05) is 44.2 Å². The molecule has 0 saturated carbocycles. The van der Waals surface area contributed by atoms with Gasteiger partial charge in [-0.2, -0.15) is 0 Å². The predicted molar refractivity (Wildman–Crippen MR) is 89.2 cm³/mol. The molecule has 3 N–H and O–H groups in total. The maximum atomic E-state index is 7.89. The van der Waals surface area contributed by atoms with Gasteiger partial charge < -0.3 is 10.5 Å². The third-order valence-corrected chi connectivity index (χ3v) is 2.63. The zero-order valence-corrected chi connectivity index (χ0v) is 12.7. The van der Waals surface area contributed by atoms with Gasteiger partial charge in [-0.05, 0) is 26.0 Å². The molecule has 0 aliphatic rings. The number of nitrogens with one attached hydrogen (secondary N) is 1. The first kappa shape index (κ1) is 16.4. The molecule has 0 fully saturated rings. The molecule has 0 aliphatic heterocycles. The minimum absolute atomic E-state index is 0.0359. The molecule has 4 heteroatoms. The monoisotopic (exact) mass is 283 g/mol. The van der Waals surface area contributed by atoms with E-state index < -0.39 is 0 Å². The Labute approximate surface area is 125 Å². The van der Waals surface area contributed by atoms with Crippen LogP contribution in [0.25, 0.3) is 0 Å². The molecule has 0 atom stereocenters. The van der Waals surface area contributed by atoms with Crippen molar-refractivity contribution in [1.82, 2.24) is 0 Å². The highest BCUT2D eigenvalue weighted by Crippen LogP contribution is 2.12. The van der Waals surface area contributed by atoms with E-state index in [4.69, 9.17) is 15.9 Å². The lowest BCUT2D eigenvalue weighted by Crippen LogP contribution is -2.16. The van der Waals surface area contributed by atoms with E-state index in [2.05, 4.69) is 11.6 Å². The second-order valence-electron chi connectivity index (χ2n) is 4.71. The van der Waals surface area contributed by atoms with Gasteiger partial charge >= 0.3 is 0 Å². The highest BCUT2D eigenvalue weighted by Gasteiger charge is 2.03. The summed E-state index contributed by atoms with van der Waals surface area (Å²) in [6.45, 7) is 7.80. The van der Waals surface area contributed by atoms with Gasteiger partial charge in [0.2, 0.25) is 0 Å². The lowest BCUT2D eigenvalue weighted by molar-refractivity contribution is 0.414. The molecule has 0 spiro atoms. The number of aliphatic imine (C=N–C) groups is 1. The molecule has 0 amide bonds. The molecule has 21 heavy (non-hydrogen) atoms. The average Bonchev–Trinajstić information content (AvgIpc) is 2.46. The van der Waals surface area contributed by atoms with Gasteiger partial charge in [0.05, 0.1) is 7.11 Å². The summed E-state index contributed by atoms with van der Waals surface area (Å²) in [6, 6.07) is 7.23. The number of ether oxygens (including phenoxy) is 1. The number of nitrogens with two attached hydrogens (primary N) is 1. The quantitative estimate of drug-likeness (QED) is 0.493. The molecule has 1 aromatic rings. The Morgan fingerprint density at radius 1 is 1.38 bits per heavy atom. The van der Waals surface area contributed by atoms with Gasteiger partial charge in [0.15, 0.2) is 5.84 Å². The van der Waals surface area contributed by atoms with E-state index in [0.717, 1.165) is 0 Å². The normalized spacial score (nSPS) is 11.3. The fraction of sp³-hybridized carbons (Fsp3) is 0.176. The van der Waals surface area contributed by atoms with Gasteiger partial charge in [-0.3, -0.25) is 5.41 Å². The van der Waals surface area contributed by atoms with Crippen molar-refractivity contribution in [1.29, 1.82) is 5.41 Å². The summed E-state index contributed by atoms with van der Waals surface area (Å²) < 4.78 is 5.13. The van der Waals surface area contributed by atoms with Crippen molar-refractivity contribution in [3.05, 3.63) is 65.8 Å². The highest BCUT2D eigenvalue weighted by atomic mass is 16.5. The fourth-order valence-electron chi connectivity index (χ4n) is 1.47. The lowest BCUT2D eigenvalue weighted by atomic mass is 10.2. The maximum Gasteiger partial charge on any atom is 0.153 e. The van der Waals surface area contributed by atoms with Crippen molar-refractivity contribution in [2.24, 2.45) is 10.7 Å². The molecule has 4 nitrogen and oxygen atoms in total. The number of hydrogen-bond acceptors (Lipinski definition) is 2. The SMILES string of the molecule is C=C(/C=C\C=C(C)C)C(=N)N=C(N)c1cccc(OC)c1. The number of benzene rings is 1. The minimum Gasteiger partial charge on any atom is -0.497 e. The van der Waals surface area contributed by atoms with Gasteiger partial charge in [0.1, 0.15) is 11.6 Å². The molecule has 0 aliphatic carbocycles. The van der Waals surface area contributed by atoms with Crippen LogP contribution in [0.15, 0.2) is 65.2 Å². The molecule has 0 heterocycles. The third kappa shape index (κ3) is 5.48. The largest absolute Gasteiger partial charge is 0.497 e. The Balaban J connectivity index is 2.85. The van der Waals surface area contributed by atoms with Crippen LogP contribution < -0.4 is 10.5 Å². The number of amidine groups is 2. The van der Waals surface area contributed by atoms with Crippen LogP contribution in [0.5, 0.6) is 5.75 Å². The zero-order chi connectivity index (χ0) is 15.8. The highest BCUT2D eigenvalue weighted by molar-refractivity contribution is 6.10. The minimum atomic E-state index is 0.0359. The maximum absolute atomic E-state index is 7.89. The van der Waals surface area contributed by atoms with E-state index in [1.165, 1.54) is 5.57 Å². The summed E-state index contributed by atoms with van der Waals surface area (Å²) >= 11 is 0. The van der Waals surface area contributed by atoms with E-state index in [0.29, 0.717) is 16.9 Å². The van der Waals surface area contributed by atoms with Crippen LogP contribution in [0.2, 0.25) is 0 Å². The van der Waals surface area contributed by atoms with Crippen LogP contribution in [0, 0.1) is 5.41 Å². The standard InChI is InChI=1S/C17H21N3O/c1-12(2)7-5-8-13(3)16(18)20-17(19)14-9-6-10-15(11-14)21-4/h5-11H,3H2,1-2,4H3,(H3,18,19,20)/b8-5-. The summed E-state index contributed by atoms with van der Waals surface area (Å²) in [5.41, 5.74) is 8.29. The molecule has 0 radical (unpaired) electrons. The molecule has 0 aromatic heterocycles. The number of nitrogens with zero attached hydrogens (tertiary/aromatic N) is 1. The number of rotatable bonds is 5. The summed E-state index contributed by atoms with van der Waals surface area (Å²) in [5.74, 6) is 0.990. The predicted octanol–water partition coefficient (Wildman–Crippen LogP) is 3.46. The third-order valence-electron chi connectivity index (χ3n) is 2.63. The molecular formula is C17H21N3O. The summed E-state index contributed by atoms with van der Waals surface area (Å²) in [7, 11) is 1.59. The summed E-state index contributed by atoms with van der Waals surface area (Å²) in [5, 5.41) is 7.89. The molecule has 110 valence electrons. The summed E-state index contributed by atoms with van der Waals surface area (Å²) in [6.07, 6.45) is 5.51. The Morgan fingerprint density at radius 3 is 2.71 bits per heavy atom. The molecule has 0 saturated heterocycles. The van der Waals surface area contributed by atoms with Crippen molar-refractivity contribution in [2.45, 2.75) is 13.8 Å². The van der Waals surface area contributed by atoms with Crippen LogP contribution in [-0.2, 0) is 0 Å². The van der Waals surface area contributed by atoms with Crippen molar-refractivity contribution in [3.8, 4) is 5.75 Å². The van der Waals surface area contributed by atoms with Gasteiger partial charge in [-0.1, -0.05) is 42.5 Å². The van der Waals surface area contributed by atoms with Crippen molar-refractivity contribution >= 4 is 11.7 Å². The zero-order valence-electron chi connectivity index (χ0n) is 12.7. The molecule has 1 aromatic carbocycles. The first-order valence-corrected chi connectivity index (χ1v) is 6.52. The lowest BCUT2D eigenvalue weighted by Gasteiger charge is -2.04. The number of methoxy groups -OCH3 is 1. The van der Waals surface area contributed by atoms with Crippen LogP contribution in [0.4, 0.5) is 0 Å². The Bertz CT molecular complexity index is 621. The van der Waals surface area contributed by atoms with Crippen molar-refractivity contribution in [3.63, 3.8) is 0 Å². The summed E-state index contributed by atoms with van der Waals surface area (Å²) in [4.78, 5) is 4.07. The second-order valence-corrected chi connectivity index (χ2v) is 4.71. The Morgan fingerprint density at radius 2 is 2.10 bits per heavy atom. The topological polar surface area (TPSA) is 71.5 Å². The Kier molecular flexibility index (Phi) is 6.14. The number of allylic oxidation sites excluding steroid dienone is 3. The Hall–Kier alpha value is -2.62. The van der Waals surface area contributed by atoms with Crippen molar-refractivity contribution < 1.29 is 4.74 Å². The van der Waals surface area contributed by atoms with Crippen LogP contribution in [-0.4, -0.2) is 18.8 Å². The first-order chi connectivity index (χ1) is 9.93. The van der Waals surface area contributed by atoms with E-state index >= 15 is 0 Å².